The molecule has 0 bridgehead atoms. The molecule has 0 spiro atoms. The highest BCUT2D eigenvalue weighted by molar-refractivity contribution is 6.02. The fourth-order valence-electron chi connectivity index (χ4n) is 1.94. The lowest BCUT2D eigenvalue weighted by Crippen LogP contribution is -2.43. The van der Waals surface area contributed by atoms with Crippen LogP contribution < -0.4 is 10.1 Å². The predicted octanol–water partition coefficient (Wildman–Crippen LogP) is 0.883. The molecule has 19 heavy (non-hydrogen) atoms. The summed E-state index contributed by atoms with van der Waals surface area (Å²) in [6, 6.07) is 7.23. The number of nitrogens with one attached hydrogen (secondary N) is 1. The van der Waals surface area contributed by atoms with Gasteiger partial charge in [-0.15, -0.1) is 0 Å². The van der Waals surface area contributed by atoms with E-state index >= 15 is 0 Å². The normalized spacial score (nSPS) is 19.1. The molecule has 1 N–H and O–H groups in total. The number of rotatable bonds is 6. The minimum Gasteiger partial charge on any atom is -0.490 e. The van der Waals surface area contributed by atoms with Crippen molar-refractivity contribution in [3.63, 3.8) is 0 Å². The van der Waals surface area contributed by atoms with Crippen molar-refractivity contribution in [2.24, 2.45) is 0 Å². The first-order valence-electron chi connectivity index (χ1n) is 6.40. The second-order valence-corrected chi connectivity index (χ2v) is 4.27. The maximum absolute atomic E-state index is 12.4. The average Bonchev–Trinajstić information content (AvgIpc) is 2.48. The summed E-state index contributed by atoms with van der Waals surface area (Å²) >= 11 is 0. The molecule has 0 amide bonds. The Kier molecular flexibility index (Phi) is 5.32. The fraction of sp³-hybridized carbons (Fsp3) is 0.500. The molecule has 1 unspecified atom stereocenters. The number of para-hydroxylation sites is 1. The number of hydrogen-bond donors (Lipinski definition) is 1. The van der Waals surface area contributed by atoms with Crippen LogP contribution in [-0.2, 0) is 9.47 Å². The van der Waals surface area contributed by atoms with Crippen molar-refractivity contribution in [2.45, 2.75) is 6.10 Å². The van der Waals surface area contributed by atoms with Gasteiger partial charge in [-0.25, -0.2) is 0 Å². The Bertz CT molecular complexity index is 416. The van der Waals surface area contributed by atoms with Gasteiger partial charge >= 0.3 is 0 Å². The highest BCUT2D eigenvalue weighted by atomic mass is 16.5. The number of benzene rings is 1. The van der Waals surface area contributed by atoms with Gasteiger partial charge in [-0.05, 0) is 12.1 Å². The van der Waals surface area contributed by atoms with Gasteiger partial charge in [-0.3, -0.25) is 4.79 Å². The maximum atomic E-state index is 12.4. The summed E-state index contributed by atoms with van der Waals surface area (Å²) in [5, 5.41) is 3.15. The lowest BCUT2D eigenvalue weighted by atomic mass is 10.0. The van der Waals surface area contributed by atoms with Crippen LogP contribution in [0, 0.1) is 0 Å². The topological polar surface area (TPSA) is 56.8 Å². The monoisotopic (exact) mass is 265 g/mol. The standard InChI is InChI=1S/C14H19NO4/c1-17-8-9-19-12-5-3-2-4-11(12)14(16)13-10-15-6-7-18-13/h2-5,13,15H,6-10H2,1H3. The minimum absolute atomic E-state index is 0.0415. The van der Waals surface area contributed by atoms with E-state index in [1.807, 2.05) is 12.1 Å². The van der Waals surface area contributed by atoms with Crippen LogP contribution in [0.25, 0.3) is 0 Å². The quantitative estimate of drug-likeness (QED) is 0.611. The third kappa shape index (κ3) is 3.76. The van der Waals surface area contributed by atoms with Crippen molar-refractivity contribution in [3.8, 4) is 5.75 Å². The Morgan fingerprint density at radius 3 is 3.00 bits per heavy atom. The van der Waals surface area contributed by atoms with E-state index in [-0.39, 0.29) is 5.78 Å². The number of ether oxygens (including phenoxy) is 3. The van der Waals surface area contributed by atoms with Crippen molar-refractivity contribution in [1.82, 2.24) is 5.32 Å². The van der Waals surface area contributed by atoms with E-state index < -0.39 is 6.10 Å². The van der Waals surface area contributed by atoms with Gasteiger partial charge in [0.1, 0.15) is 18.5 Å². The molecule has 0 saturated carbocycles. The average molecular weight is 265 g/mol. The molecule has 1 aliphatic heterocycles. The molecule has 1 aliphatic rings. The number of carbonyl (C=O) groups is 1. The maximum Gasteiger partial charge on any atom is 0.196 e. The number of morpholine rings is 1. The van der Waals surface area contributed by atoms with Gasteiger partial charge in [0.05, 0.1) is 18.8 Å². The molecule has 2 rings (SSSR count). The molecule has 1 fully saturated rings. The number of methoxy groups -OCH3 is 1. The molecular weight excluding hydrogens is 246 g/mol. The smallest absolute Gasteiger partial charge is 0.196 e. The van der Waals surface area contributed by atoms with E-state index in [2.05, 4.69) is 5.32 Å². The van der Waals surface area contributed by atoms with Crippen LogP contribution in [0.2, 0.25) is 0 Å². The van der Waals surface area contributed by atoms with Gasteiger partial charge in [0, 0.05) is 20.2 Å². The van der Waals surface area contributed by atoms with Crippen molar-refractivity contribution in [3.05, 3.63) is 29.8 Å². The molecule has 5 nitrogen and oxygen atoms in total. The summed E-state index contributed by atoms with van der Waals surface area (Å²) in [4.78, 5) is 12.4. The molecule has 0 aromatic heterocycles. The molecule has 1 aromatic carbocycles. The van der Waals surface area contributed by atoms with Gasteiger partial charge in [-0.1, -0.05) is 12.1 Å². The van der Waals surface area contributed by atoms with E-state index in [1.165, 1.54) is 0 Å². The Balaban J connectivity index is 2.07. The van der Waals surface area contributed by atoms with Crippen LogP contribution in [0.15, 0.2) is 24.3 Å². The summed E-state index contributed by atoms with van der Waals surface area (Å²) in [6.07, 6.45) is -0.430. The Morgan fingerprint density at radius 1 is 1.42 bits per heavy atom. The third-order valence-corrected chi connectivity index (χ3v) is 2.92. The molecule has 104 valence electrons. The minimum atomic E-state index is -0.430. The van der Waals surface area contributed by atoms with Crippen LogP contribution in [-0.4, -0.2) is 51.9 Å². The Labute approximate surface area is 112 Å². The van der Waals surface area contributed by atoms with Gasteiger partial charge < -0.3 is 19.5 Å². The number of hydrogen-bond acceptors (Lipinski definition) is 5. The van der Waals surface area contributed by atoms with Crippen LogP contribution in [0.3, 0.4) is 0 Å². The van der Waals surface area contributed by atoms with Gasteiger partial charge in [0.2, 0.25) is 0 Å². The fourth-order valence-corrected chi connectivity index (χ4v) is 1.94. The van der Waals surface area contributed by atoms with E-state index in [0.29, 0.717) is 37.7 Å². The summed E-state index contributed by atoms with van der Waals surface area (Å²) in [5.74, 6) is 0.541. The molecule has 0 radical (unpaired) electrons. The highest BCUT2D eigenvalue weighted by Gasteiger charge is 2.25. The molecule has 0 aliphatic carbocycles. The lowest BCUT2D eigenvalue weighted by molar-refractivity contribution is 0.0266. The van der Waals surface area contributed by atoms with E-state index in [0.717, 1.165) is 6.54 Å². The van der Waals surface area contributed by atoms with Crippen molar-refractivity contribution in [2.75, 3.05) is 40.0 Å². The van der Waals surface area contributed by atoms with Crippen LogP contribution in [0.1, 0.15) is 10.4 Å². The highest BCUT2D eigenvalue weighted by Crippen LogP contribution is 2.20. The first-order chi connectivity index (χ1) is 9.33. The third-order valence-electron chi connectivity index (χ3n) is 2.92. The van der Waals surface area contributed by atoms with Gasteiger partial charge in [-0.2, -0.15) is 0 Å². The first kappa shape index (κ1) is 14.0. The zero-order valence-electron chi connectivity index (χ0n) is 11.1. The first-order valence-corrected chi connectivity index (χ1v) is 6.40. The van der Waals surface area contributed by atoms with Crippen molar-refractivity contribution < 1.29 is 19.0 Å². The largest absolute Gasteiger partial charge is 0.490 e. The summed E-state index contributed by atoms with van der Waals surface area (Å²) in [7, 11) is 1.61. The Morgan fingerprint density at radius 2 is 2.26 bits per heavy atom. The predicted molar refractivity (Wildman–Crippen MR) is 70.8 cm³/mol. The van der Waals surface area contributed by atoms with Crippen LogP contribution >= 0.6 is 0 Å². The molecular formula is C14H19NO4. The SMILES string of the molecule is COCCOc1ccccc1C(=O)C1CNCCO1. The second kappa shape index (κ2) is 7.23. The molecule has 5 heteroatoms. The van der Waals surface area contributed by atoms with E-state index in [1.54, 1.807) is 19.2 Å². The van der Waals surface area contributed by atoms with Crippen LogP contribution in [0.5, 0.6) is 5.75 Å². The van der Waals surface area contributed by atoms with E-state index in [9.17, 15) is 4.79 Å². The second-order valence-electron chi connectivity index (χ2n) is 4.27. The van der Waals surface area contributed by atoms with Gasteiger partial charge in [0.25, 0.3) is 0 Å². The molecule has 1 atom stereocenters. The molecule has 1 heterocycles. The van der Waals surface area contributed by atoms with E-state index in [4.69, 9.17) is 14.2 Å². The zero-order valence-corrected chi connectivity index (χ0v) is 11.1. The van der Waals surface area contributed by atoms with Gasteiger partial charge in [0.15, 0.2) is 5.78 Å². The summed E-state index contributed by atoms with van der Waals surface area (Å²) in [6.45, 7) is 2.80. The Hall–Kier alpha value is -1.43. The number of carbonyl (C=O) groups excluding carboxylic acids is 1. The number of ketones is 1. The van der Waals surface area contributed by atoms with Crippen LogP contribution in [0.4, 0.5) is 0 Å². The summed E-state index contributed by atoms with van der Waals surface area (Å²) in [5.41, 5.74) is 0.562. The van der Waals surface area contributed by atoms with Crippen molar-refractivity contribution >= 4 is 5.78 Å². The molecule has 1 aromatic rings. The summed E-state index contributed by atoms with van der Waals surface area (Å²) < 4.78 is 16.0. The number of Topliss-reactive ketones (excluding diaryl/α,β-unsaturated/α-hetero) is 1. The zero-order chi connectivity index (χ0) is 13.5. The lowest BCUT2D eigenvalue weighted by Gasteiger charge is -2.23. The molecule has 1 saturated heterocycles. The van der Waals surface area contributed by atoms with Crippen molar-refractivity contribution in [1.29, 1.82) is 0 Å².